The highest BCUT2D eigenvalue weighted by Crippen LogP contribution is 2.38. The fourth-order valence-corrected chi connectivity index (χ4v) is 2.97. The Bertz CT molecular complexity index is 1000. The van der Waals surface area contributed by atoms with Gasteiger partial charge in [0.05, 0.1) is 67.7 Å². The molecule has 0 atom stereocenters. The van der Waals surface area contributed by atoms with Gasteiger partial charge in [-0.2, -0.15) is 5.26 Å². The van der Waals surface area contributed by atoms with Crippen LogP contribution in [-0.2, 0) is 19.2 Å². The molecule has 0 aromatic heterocycles. The van der Waals surface area contributed by atoms with Gasteiger partial charge in [0.1, 0.15) is 11.1 Å². The number of aliphatic hydroxyl groups excluding tert-OH is 6. The van der Waals surface area contributed by atoms with Crippen molar-refractivity contribution in [3.05, 3.63) is 22.7 Å². The van der Waals surface area contributed by atoms with Crippen molar-refractivity contribution in [2.75, 3.05) is 49.9 Å². The maximum Gasteiger partial charge on any atom is 0.316 e. The lowest BCUT2D eigenvalue weighted by atomic mass is 9.98. The lowest BCUT2D eigenvalue weighted by molar-refractivity contribution is -0.138. The average molecular weight is 518 g/mol. The first-order valence-electron chi connectivity index (χ1n) is 9.61. The Morgan fingerprint density at radius 2 is 1.46 bits per heavy atom. The molecule has 0 unspecified atom stereocenters. The normalized spacial score (nSPS) is 11.4. The molecule has 0 saturated carbocycles. The Kier molecular flexibility index (Phi) is 10.5. The number of hydrogen-bond donors (Lipinski definition) is 9. The van der Waals surface area contributed by atoms with Crippen LogP contribution in [0.3, 0.4) is 0 Å². The van der Waals surface area contributed by atoms with E-state index in [4.69, 9.17) is 17.3 Å². The van der Waals surface area contributed by atoms with Gasteiger partial charge in [0.2, 0.25) is 0 Å². The van der Waals surface area contributed by atoms with Crippen molar-refractivity contribution >= 4 is 46.6 Å². The molecule has 4 amide bonds. The topological polar surface area (TPSA) is 267 Å². The summed E-state index contributed by atoms with van der Waals surface area (Å²) in [5, 5.41) is 69.9. The maximum atomic E-state index is 12.6. The molecule has 0 bridgehead atoms. The molecule has 0 aliphatic carbocycles. The highest BCUT2D eigenvalue weighted by atomic mass is 35.5. The van der Waals surface area contributed by atoms with Crippen LogP contribution in [0.5, 0.6) is 0 Å². The predicted molar refractivity (Wildman–Crippen MR) is 118 cm³/mol. The minimum Gasteiger partial charge on any atom is -0.394 e. The third kappa shape index (κ3) is 6.21. The number of hydrogen-bond acceptors (Lipinski definition) is 11. The van der Waals surface area contributed by atoms with E-state index in [9.17, 15) is 55.1 Å². The largest absolute Gasteiger partial charge is 0.394 e. The first-order chi connectivity index (χ1) is 16.4. The van der Waals surface area contributed by atoms with Crippen LogP contribution in [0.15, 0.2) is 12.1 Å². The number of rotatable bonds is 10. The zero-order valence-electron chi connectivity index (χ0n) is 18.1. The molecule has 0 heterocycles. The van der Waals surface area contributed by atoms with Crippen molar-refractivity contribution in [3.8, 4) is 6.07 Å². The van der Waals surface area contributed by atoms with E-state index in [1.165, 1.54) is 0 Å². The SMILES string of the molecule is N#Cc1cc(NC(=O)C(=O)NC(CO)(CO)CO)c(Cl)c(N(C(=O)C(N)=O)C(CO)(CO)CO)c1. The standard InChI is InChI=1S/C19H24ClN5O10/c20-13-11(23-15(33)16(34)24-18(4-26,5-27)6-28)1-10(3-21)2-12(13)25(17(35)14(22)32)19(7-29,8-30)9-31/h1-2,26-31H,4-9H2,(H2,22,32)(H,23,33)(H,24,34). The van der Waals surface area contributed by atoms with Crippen molar-refractivity contribution < 1.29 is 49.8 Å². The Balaban J connectivity index is 3.61. The van der Waals surface area contributed by atoms with Gasteiger partial charge in [-0.15, -0.1) is 0 Å². The van der Waals surface area contributed by atoms with Crippen LogP contribution in [0.2, 0.25) is 5.02 Å². The number of aliphatic hydroxyl groups is 6. The Morgan fingerprint density at radius 3 is 1.86 bits per heavy atom. The van der Waals surface area contributed by atoms with E-state index >= 15 is 0 Å². The first kappa shape index (κ1) is 29.7. The van der Waals surface area contributed by atoms with Crippen LogP contribution in [0.25, 0.3) is 0 Å². The fraction of sp³-hybridized carbons (Fsp3) is 0.421. The zero-order chi connectivity index (χ0) is 27.0. The van der Waals surface area contributed by atoms with Crippen molar-refractivity contribution in [2.45, 2.75) is 11.1 Å². The van der Waals surface area contributed by atoms with Gasteiger partial charge in [-0.25, -0.2) is 0 Å². The van der Waals surface area contributed by atoms with Gasteiger partial charge in [0.15, 0.2) is 0 Å². The summed E-state index contributed by atoms with van der Waals surface area (Å²) in [6, 6.07) is 3.59. The lowest BCUT2D eigenvalue weighted by Crippen LogP contribution is -2.62. The number of anilines is 2. The molecule has 0 fully saturated rings. The first-order valence-corrected chi connectivity index (χ1v) is 9.99. The number of nitrogens with one attached hydrogen (secondary N) is 2. The van der Waals surface area contributed by atoms with E-state index in [1.807, 2.05) is 10.6 Å². The molecule has 15 nitrogen and oxygen atoms in total. The molecule has 0 aliphatic rings. The van der Waals surface area contributed by atoms with Crippen LogP contribution in [0.1, 0.15) is 5.56 Å². The van der Waals surface area contributed by atoms with E-state index in [-0.39, 0.29) is 5.56 Å². The van der Waals surface area contributed by atoms with Gasteiger partial charge in [-0.05, 0) is 12.1 Å². The highest BCUT2D eigenvalue weighted by molar-refractivity contribution is 6.44. The van der Waals surface area contributed by atoms with Gasteiger partial charge in [0, 0.05) is 0 Å². The van der Waals surface area contributed by atoms with E-state index in [1.54, 1.807) is 6.07 Å². The number of carbonyl (C=O) groups excluding carboxylic acids is 4. The van der Waals surface area contributed by atoms with Gasteiger partial charge in [-0.1, -0.05) is 11.6 Å². The van der Waals surface area contributed by atoms with Crippen LogP contribution < -0.4 is 21.3 Å². The molecule has 1 aromatic rings. The fourth-order valence-electron chi connectivity index (χ4n) is 2.73. The molecular weight excluding hydrogens is 494 g/mol. The molecule has 0 saturated heterocycles. The van der Waals surface area contributed by atoms with E-state index in [0.717, 1.165) is 12.1 Å². The molecule has 35 heavy (non-hydrogen) atoms. The molecule has 10 N–H and O–H groups in total. The second-order valence-corrected chi connectivity index (χ2v) is 7.71. The smallest absolute Gasteiger partial charge is 0.316 e. The molecule has 16 heteroatoms. The monoisotopic (exact) mass is 517 g/mol. The van der Waals surface area contributed by atoms with Crippen molar-refractivity contribution in [1.29, 1.82) is 5.26 Å². The number of nitrogens with zero attached hydrogens (tertiary/aromatic N) is 2. The lowest BCUT2D eigenvalue weighted by Gasteiger charge is -2.40. The van der Waals surface area contributed by atoms with Gasteiger partial charge in [-0.3, -0.25) is 24.1 Å². The van der Waals surface area contributed by atoms with Crippen molar-refractivity contribution in [1.82, 2.24) is 5.32 Å². The van der Waals surface area contributed by atoms with Gasteiger partial charge < -0.3 is 47.0 Å². The van der Waals surface area contributed by atoms with E-state index in [2.05, 4.69) is 0 Å². The summed E-state index contributed by atoms with van der Waals surface area (Å²) < 4.78 is 0. The predicted octanol–water partition coefficient (Wildman–Crippen LogP) is -4.48. The van der Waals surface area contributed by atoms with Crippen LogP contribution in [0, 0.1) is 11.3 Å². The molecule has 1 aromatic carbocycles. The minimum absolute atomic E-state index is 0.291. The summed E-state index contributed by atoms with van der Waals surface area (Å²) >= 11 is 6.26. The quantitative estimate of drug-likeness (QED) is 0.133. The summed E-state index contributed by atoms with van der Waals surface area (Å²) in [5.74, 6) is -6.02. The Hall–Kier alpha value is -3.36. The number of primary amides is 1. The third-order valence-electron chi connectivity index (χ3n) is 4.94. The second kappa shape index (κ2) is 12.4. The molecular formula is C19H24ClN5O10. The number of nitrogens with two attached hydrogens (primary N) is 1. The number of amides is 4. The van der Waals surface area contributed by atoms with Crippen LogP contribution in [0.4, 0.5) is 11.4 Å². The second-order valence-electron chi connectivity index (χ2n) is 7.34. The average Bonchev–Trinajstić information content (AvgIpc) is 2.87. The highest BCUT2D eigenvalue weighted by Gasteiger charge is 2.43. The van der Waals surface area contributed by atoms with Crippen molar-refractivity contribution in [3.63, 3.8) is 0 Å². The third-order valence-corrected chi connectivity index (χ3v) is 5.33. The number of halogens is 1. The molecule has 0 aliphatic heterocycles. The minimum atomic E-state index is -2.23. The van der Waals surface area contributed by atoms with Gasteiger partial charge in [0.25, 0.3) is 0 Å². The zero-order valence-corrected chi connectivity index (χ0v) is 18.8. The summed E-state index contributed by atoms with van der Waals surface area (Å²) in [4.78, 5) is 49.2. The summed E-state index contributed by atoms with van der Waals surface area (Å²) in [6.45, 7) is -6.07. The molecule has 192 valence electrons. The number of benzene rings is 1. The van der Waals surface area contributed by atoms with Crippen LogP contribution in [-0.4, -0.2) is 105 Å². The van der Waals surface area contributed by atoms with Crippen molar-refractivity contribution in [2.24, 2.45) is 5.73 Å². The molecule has 0 spiro atoms. The maximum absolute atomic E-state index is 12.6. The Labute approximate surface area is 202 Å². The van der Waals surface area contributed by atoms with Gasteiger partial charge >= 0.3 is 23.6 Å². The van der Waals surface area contributed by atoms with E-state index < -0.39 is 90.7 Å². The molecule has 0 radical (unpaired) electrons. The number of carbonyl (C=O) groups is 4. The van der Waals surface area contributed by atoms with E-state index in [0.29, 0.717) is 4.90 Å². The molecule has 1 rings (SSSR count). The summed E-state index contributed by atoms with van der Waals surface area (Å²) in [6.07, 6.45) is 0. The Morgan fingerprint density at radius 1 is 0.943 bits per heavy atom. The number of nitriles is 1. The summed E-state index contributed by atoms with van der Waals surface area (Å²) in [7, 11) is 0. The van der Waals surface area contributed by atoms with Crippen LogP contribution >= 0.6 is 11.6 Å². The summed E-state index contributed by atoms with van der Waals surface area (Å²) in [5.41, 5.74) is -0.424.